The SMILES string of the molecule is Cc1csc(C(N)C2(c3ccc(Cl)cc3)CCC2)n1. The molecule has 3 rings (SSSR count). The van der Waals surface area contributed by atoms with E-state index in [1.807, 2.05) is 19.1 Å². The van der Waals surface area contributed by atoms with Crippen LogP contribution in [0.4, 0.5) is 0 Å². The highest BCUT2D eigenvalue weighted by molar-refractivity contribution is 7.09. The average molecular weight is 293 g/mol. The van der Waals surface area contributed by atoms with Gasteiger partial charge in [0.1, 0.15) is 5.01 Å². The standard InChI is InChI=1S/C15H17ClN2S/c1-10-9-19-14(18-10)13(17)15(7-2-8-15)11-3-5-12(16)6-4-11/h3-6,9,13H,2,7-8,17H2,1H3. The van der Waals surface area contributed by atoms with E-state index in [-0.39, 0.29) is 11.5 Å². The Hall–Kier alpha value is -0.900. The number of hydrogen-bond acceptors (Lipinski definition) is 3. The van der Waals surface area contributed by atoms with Crippen molar-refractivity contribution < 1.29 is 0 Å². The van der Waals surface area contributed by atoms with E-state index in [4.69, 9.17) is 17.3 Å². The molecule has 0 bridgehead atoms. The topological polar surface area (TPSA) is 38.9 Å². The number of halogens is 1. The summed E-state index contributed by atoms with van der Waals surface area (Å²) in [5.41, 5.74) is 8.94. The summed E-state index contributed by atoms with van der Waals surface area (Å²) in [5, 5.41) is 3.90. The minimum absolute atomic E-state index is 0.0128. The van der Waals surface area contributed by atoms with Crippen molar-refractivity contribution in [2.75, 3.05) is 0 Å². The third-order valence-electron chi connectivity index (χ3n) is 4.16. The summed E-state index contributed by atoms with van der Waals surface area (Å²) in [5.74, 6) is 0. The van der Waals surface area contributed by atoms with Crippen LogP contribution >= 0.6 is 22.9 Å². The maximum absolute atomic E-state index is 6.53. The fourth-order valence-corrected chi connectivity index (χ4v) is 3.91. The predicted molar refractivity (Wildman–Crippen MR) is 80.8 cm³/mol. The zero-order valence-electron chi connectivity index (χ0n) is 10.9. The highest BCUT2D eigenvalue weighted by Crippen LogP contribution is 2.51. The van der Waals surface area contributed by atoms with Gasteiger partial charge in [-0.05, 0) is 37.5 Å². The number of thiazole rings is 1. The van der Waals surface area contributed by atoms with Gasteiger partial charge in [-0.3, -0.25) is 0 Å². The molecule has 1 saturated carbocycles. The Labute approximate surface area is 122 Å². The van der Waals surface area contributed by atoms with E-state index < -0.39 is 0 Å². The third kappa shape index (κ3) is 2.20. The highest BCUT2D eigenvalue weighted by Gasteiger charge is 2.45. The molecule has 0 aliphatic heterocycles. The Bertz CT molecular complexity index is 572. The third-order valence-corrected chi connectivity index (χ3v) is 5.46. The van der Waals surface area contributed by atoms with Crippen molar-refractivity contribution in [3.05, 3.63) is 50.9 Å². The first-order chi connectivity index (χ1) is 9.12. The molecule has 0 radical (unpaired) electrons. The molecule has 4 heteroatoms. The first kappa shape index (κ1) is 13.1. The van der Waals surface area contributed by atoms with Gasteiger partial charge < -0.3 is 5.73 Å². The fourth-order valence-electron chi connectivity index (χ4n) is 2.87. The number of rotatable bonds is 3. The zero-order valence-corrected chi connectivity index (χ0v) is 12.5. The smallest absolute Gasteiger partial charge is 0.111 e. The molecule has 100 valence electrons. The van der Waals surface area contributed by atoms with E-state index in [1.54, 1.807) is 11.3 Å². The zero-order chi connectivity index (χ0) is 13.5. The number of nitrogens with zero attached hydrogens (tertiary/aromatic N) is 1. The van der Waals surface area contributed by atoms with Crippen LogP contribution in [0.1, 0.15) is 41.6 Å². The molecule has 2 N–H and O–H groups in total. The molecule has 1 aliphatic rings. The summed E-state index contributed by atoms with van der Waals surface area (Å²) < 4.78 is 0. The monoisotopic (exact) mass is 292 g/mol. The quantitative estimate of drug-likeness (QED) is 0.919. The van der Waals surface area contributed by atoms with E-state index >= 15 is 0 Å². The molecule has 1 aromatic heterocycles. The van der Waals surface area contributed by atoms with Crippen LogP contribution in [-0.2, 0) is 5.41 Å². The number of aromatic nitrogens is 1. The van der Waals surface area contributed by atoms with E-state index in [9.17, 15) is 0 Å². The molecule has 0 spiro atoms. The summed E-state index contributed by atoms with van der Waals surface area (Å²) in [6.45, 7) is 2.02. The van der Waals surface area contributed by atoms with Gasteiger partial charge in [0.05, 0.1) is 6.04 Å². The average Bonchev–Trinajstić information content (AvgIpc) is 2.77. The molecular formula is C15H17ClN2S. The molecule has 19 heavy (non-hydrogen) atoms. The Kier molecular flexibility index (Phi) is 3.37. The van der Waals surface area contributed by atoms with Gasteiger partial charge in [-0.1, -0.05) is 30.2 Å². The van der Waals surface area contributed by atoms with Gasteiger partial charge in [0.25, 0.3) is 0 Å². The van der Waals surface area contributed by atoms with Crippen molar-refractivity contribution in [3.63, 3.8) is 0 Å². The van der Waals surface area contributed by atoms with E-state index in [0.717, 1.165) is 28.6 Å². The molecule has 1 atom stereocenters. The molecule has 1 heterocycles. The molecule has 2 aromatic rings. The van der Waals surface area contributed by atoms with Gasteiger partial charge in [0, 0.05) is 21.5 Å². The maximum Gasteiger partial charge on any atom is 0.111 e. The van der Waals surface area contributed by atoms with Crippen LogP contribution in [-0.4, -0.2) is 4.98 Å². The lowest BCUT2D eigenvalue weighted by Crippen LogP contribution is -2.44. The van der Waals surface area contributed by atoms with Crippen LogP contribution in [0.5, 0.6) is 0 Å². The van der Waals surface area contributed by atoms with Crippen LogP contribution in [0.2, 0.25) is 5.02 Å². The van der Waals surface area contributed by atoms with Gasteiger partial charge in [-0.2, -0.15) is 0 Å². The second-order valence-electron chi connectivity index (χ2n) is 5.32. The Morgan fingerprint density at radius 1 is 1.32 bits per heavy atom. The number of nitrogens with two attached hydrogens (primary N) is 1. The van der Waals surface area contributed by atoms with Crippen molar-refractivity contribution in [1.29, 1.82) is 0 Å². The summed E-state index contributed by atoms with van der Waals surface area (Å²) in [6, 6.07) is 8.12. The summed E-state index contributed by atoms with van der Waals surface area (Å²) >= 11 is 7.65. The molecule has 1 fully saturated rings. The second kappa shape index (κ2) is 4.89. The fraction of sp³-hybridized carbons (Fsp3) is 0.400. The van der Waals surface area contributed by atoms with Crippen LogP contribution in [0.3, 0.4) is 0 Å². The van der Waals surface area contributed by atoms with E-state index in [0.29, 0.717) is 0 Å². The van der Waals surface area contributed by atoms with E-state index in [1.165, 1.54) is 12.0 Å². The Morgan fingerprint density at radius 3 is 2.47 bits per heavy atom. The van der Waals surface area contributed by atoms with Gasteiger partial charge >= 0.3 is 0 Å². The van der Waals surface area contributed by atoms with Crippen LogP contribution in [0, 0.1) is 6.92 Å². The normalized spacial score (nSPS) is 18.9. The molecular weight excluding hydrogens is 276 g/mol. The van der Waals surface area contributed by atoms with Gasteiger partial charge in [-0.25, -0.2) is 4.98 Å². The number of benzene rings is 1. The lowest BCUT2D eigenvalue weighted by molar-refractivity contribution is 0.196. The first-order valence-electron chi connectivity index (χ1n) is 6.55. The van der Waals surface area contributed by atoms with Crippen molar-refractivity contribution >= 4 is 22.9 Å². The lowest BCUT2D eigenvalue weighted by Gasteiger charge is -2.46. The molecule has 2 nitrogen and oxygen atoms in total. The van der Waals surface area contributed by atoms with Crippen LogP contribution < -0.4 is 5.73 Å². The molecule has 0 amide bonds. The van der Waals surface area contributed by atoms with Gasteiger partial charge in [-0.15, -0.1) is 11.3 Å². The highest BCUT2D eigenvalue weighted by atomic mass is 35.5. The Morgan fingerprint density at radius 2 is 2.00 bits per heavy atom. The Balaban J connectivity index is 1.96. The minimum atomic E-state index is -0.0128. The molecule has 1 aliphatic carbocycles. The van der Waals surface area contributed by atoms with Crippen molar-refractivity contribution in [3.8, 4) is 0 Å². The first-order valence-corrected chi connectivity index (χ1v) is 7.81. The second-order valence-corrected chi connectivity index (χ2v) is 6.65. The van der Waals surface area contributed by atoms with Crippen molar-refractivity contribution in [2.45, 2.75) is 37.6 Å². The number of aryl methyl sites for hydroxylation is 1. The predicted octanol–water partition coefficient (Wildman–Crippen LogP) is 4.23. The lowest BCUT2D eigenvalue weighted by atomic mass is 9.60. The summed E-state index contributed by atoms with van der Waals surface area (Å²) in [4.78, 5) is 4.57. The van der Waals surface area contributed by atoms with Gasteiger partial charge in [0.15, 0.2) is 0 Å². The van der Waals surface area contributed by atoms with Crippen LogP contribution in [0.15, 0.2) is 29.6 Å². The maximum atomic E-state index is 6.53. The largest absolute Gasteiger partial charge is 0.321 e. The molecule has 1 aromatic carbocycles. The summed E-state index contributed by atoms with van der Waals surface area (Å²) in [6.07, 6.45) is 3.50. The van der Waals surface area contributed by atoms with Crippen molar-refractivity contribution in [2.24, 2.45) is 5.73 Å². The van der Waals surface area contributed by atoms with E-state index in [2.05, 4.69) is 22.5 Å². The van der Waals surface area contributed by atoms with Crippen LogP contribution in [0.25, 0.3) is 0 Å². The van der Waals surface area contributed by atoms with Crippen molar-refractivity contribution in [1.82, 2.24) is 4.98 Å². The van der Waals surface area contributed by atoms with Gasteiger partial charge in [0.2, 0.25) is 0 Å². The molecule has 1 unspecified atom stereocenters. The minimum Gasteiger partial charge on any atom is -0.321 e. The summed E-state index contributed by atoms with van der Waals surface area (Å²) in [7, 11) is 0. The number of hydrogen-bond donors (Lipinski definition) is 1. The molecule has 0 saturated heterocycles.